The molecule has 0 bridgehead atoms. The van der Waals surface area contributed by atoms with Gasteiger partial charge in [0.15, 0.2) is 0 Å². The number of phosphoric acid groups is 1. The molecule has 0 saturated carbocycles. The first-order valence-electron chi connectivity index (χ1n) is 1.35. The van der Waals surface area contributed by atoms with E-state index in [9.17, 15) is 0 Å². The Kier molecular flexibility index (Phi) is 7.46. The predicted molar refractivity (Wildman–Crippen MR) is 24.9 cm³/mol. The molecule has 0 aliphatic rings. The molecule has 6 nitrogen and oxygen atoms in total. The molecule has 0 aromatic heterocycles. The second-order valence-corrected chi connectivity index (χ2v) is 1.95. The monoisotopic (exact) mass is 157 g/mol. The zero-order chi connectivity index (χ0) is 7.21. The number of nitrogens with two attached hydrogens (primary N) is 1. The van der Waals surface area contributed by atoms with Gasteiger partial charge in [0.1, 0.15) is 0 Å². The zero-order valence-electron chi connectivity index (χ0n) is 3.76. The topological polar surface area (TPSA) is 121 Å². The van der Waals surface area contributed by atoms with Crippen molar-refractivity contribution < 1.29 is 23.0 Å². The van der Waals surface area contributed by atoms with E-state index in [2.05, 4.69) is 4.72 Å². The summed E-state index contributed by atoms with van der Waals surface area (Å²) >= 11 is -1.00. The van der Waals surface area contributed by atoms with E-state index in [4.69, 9.17) is 23.0 Å². The van der Waals surface area contributed by atoms with Gasteiger partial charge < -0.3 is 14.7 Å². The van der Waals surface area contributed by atoms with Gasteiger partial charge in [-0.2, -0.15) is 0 Å². The summed E-state index contributed by atoms with van der Waals surface area (Å²) in [4.78, 5) is 21.6. The number of rotatable bonds is 0. The first kappa shape index (κ1) is 11.1. The first-order chi connectivity index (χ1) is 3.41. The summed E-state index contributed by atoms with van der Waals surface area (Å²) in [6.45, 7) is 0. The molecular formula is H5AlNO5P. The summed E-state index contributed by atoms with van der Waals surface area (Å²) in [6.07, 6.45) is 0. The van der Waals surface area contributed by atoms with Crippen LogP contribution in [0.3, 0.4) is 0 Å². The van der Waals surface area contributed by atoms with Crippen LogP contribution in [0.2, 0.25) is 0 Å². The van der Waals surface area contributed by atoms with Crippen LogP contribution in [0.15, 0.2) is 0 Å². The number of hydrogen-bond acceptors (Lipinski definition) is 2. The molecule has 0 spiro atoms. The van der Waals surface area contributed by atoms with Crippen LogP contribution in [0.25, 0.3) is 0 Å². The summed E-state index contributed by atoms with van der Waals surface area (Å²) in [5.41, 5.74) is 0. The quantitative estimate of drug-likeness (QED) is 0.238. The Hall–Kier alpha value is 0.242. The standard InChI is InChI=1S/Al.H2N.H3O4P.O/c;;1-5(2,3)4;/h;1H2;(H3,1,2,3,4);/q+1;-1;;. The molecule has 0 fully saturated rings. The SMILES string of the molecule is O=P(O)(O)O.[NH2][Al]=[O]. The van der Waals surface area contributed by atoms with Crippen LogP contribution >= 0.6 is 7.82 Å². The molecule has 0 heterocycles. The average Bonchev–Trinajstić information content (AvgIpc) is 1.27. The number of hydrogen-bond donors (Lipinski definition) is 4. The van der Waals surface area contributed by atoms with Crippen LogP contribution in [-0.2, 0) is 8.37 Å². The molecule has 0 aliphatic heterocycles. The zero-order valence-corrected chi connectivity index (χ0v) is 5.81. The van der Waals surface area contributed by atoms with Crippen LogP contribution in [0, 0.1) is 0 Å². The fourth-order valence-electron chi connectivity index (χ4n) is 0. The maximum absolute atomic E-state index is 8.88. The Bertz CT molecular complexity index is 86.3. The Morgan fingerprint density at radius 2 is 1.38 bits per heavy atom. The Morgan fingerprint density at radius 3 is 1.38 bits per heavy atom. The first-order valence-corrected chi connectivity index (χ1v) is 4.05. The van der Waals surface area contributed by atoms with Gasteiger partial charge in [-0.05, 0) is 0 Å². The molecule has 0 aliphatic carbocycles. The molecule has 8 heteroatoms. The summed E-state index contributed by atoms with van der Waals surface area (Å²) in [7, 11) is -4.64. The Morgan fingerprint density at radius 1 is 1.38 bits per heavy atom. The van der Waals surface area contributed by atoms with E-state index in [1.54, 1.807) is 0 Å². The van der Waals surface area contributed by atoms with Gasteiger partial charge in [-0.15, -0.1) is 0 Å². The maximum atomic E-state index is 8.88. The van der Waals surface area contributed by atoms with Gasteiger partial charge in [-0.3, -0.25) is 0 Å². The normalized spacial score (nSPS) is 8.38. The van der Waals surface area contributed by atoms with Gasteiger partial charge in [0.2, 0.25) is 0 Å². The molecule has 8 heavy (non-hydrogen) atoms. The second kappa shape index (κ2) is 5.38. The van der Waals surface area contributed by atoms with Gasteiger partial charge >= 0.3 is 31.7 Å². The molecule has 0 rings (SSSR count). The van der Waals surface area contributed by atoms with E-state index in [1.807, 2.05) is 0 Å². The molecule has 5 N–H and O–H groups in total. The Balaban J connectivity index is 0. The summed E-state index contributed by atoms with van der Waals surface area (Å²) in [5, 5.41) is 0. The predicted octanol–water partition coefficient (Wildman–Crippen LogP) is -2.02. The van der Waals surface area contributed by atoms with Crippen LogP contribution in [0.5, 0.6) is 0 Å². The summed E-state index contributed by atoms with van der Waals surface area (Å²) in [5.74, 6) is 0. The van der Waals surface area contributed by atoms with Crippen molar-refractivity contribution >= 4 is 23.2 Å². The third-order valence-electron chi connectivity index (χ3n) is 0. The van der Waals surface area contributed by atoms with E-state index in [1.165, 1.54) is 0 Å². The average molecular weight is 157 g/mol. The minimum absolute atomic E-state index is 1.00. The van der Waals surface area contributed by atoms with Crippen LogP contribution in [0.1, 0.15) is 0 Å². The van der Waals surface area contributed by atoms with E-state index in [0.717, 1.165) is 0 Å². The third kappa shape index (κ3) is 2920. The fraction of sp³-hybridized carbons (Fsp3) is 0. The molecule has 0 saturated heterocycles. The molecule has 0 atom stereocenters. The second-order valence-electron chi connectivity index (χ2n) is 0.649. The van der Waals surface area contributed by atoms with Gasteiger partial charge in [0, 0.05) is 0 Å². The summed E-state index contributed by atoms with van der Waals surface area (Å²) in [6, 6.07) is 0. The van der Waals surface area contributed by atoms with Gasteiger partial charge in [0.25, 0.3) is 0 Å². The van der Waals surface area contributed by atoms with E-state index < -0.39 is 23.2 Å². The van der Waals surface area contributed by atoms with Gasteiger partial charge in [-0.1, -0.05) is 0 Å². The molecule has 0 unspecified atom stereocenters. The fourth-order valence-corrected chi connectivity index (χ4v) is 0. The van der Waals surface area contributed by atoms with Gasteiger partial charge in [0.05, 0.1) is 0 Å². The molecule has 0 aromatic rings. The molecule has 0 amide bonds. The van der Waals surface area contributed by atoms with Crippen molar-refractivity contribution in [1.29, 1.82) is 0 Å². The summed E-state index contributed by atoms with van der Waals surface area (Å²) < 4.78 is 22.0. The van der Waals surface area contributed by atoms with E-state index in [0.29, 0.717) is 0 Å². The van der Waals surface area contributed by atoms with Crippen molar-refractivity contribution in [2.45, 2.75) is 0 Å². The van der Waals surface area contributed by atoms with Crippen LogP contribution in [0.4, 0.5) is 0 Å². The van der Waals surface area contributed by atoms with Gasteiger partial charge in [-0.25, -0.2) is 4.57 Å². The molecule has 0 radical (unpaired) electrons. The van der Waals surface area contributed by atoms with Crippen molar-refractivity contribution in [2.75, 3.05) is 0 Å². The van der Waals surface area contributed by atoms with Crippen LogP contribution in [-0.4, -0.2) is 30.1 Å². The van der Waals surface area contributed by atoms with Crippen molar-refractivity contribution in [1.82, 2.24) is 0 Å². The molecule has 0 aromatic carbocycles. The molecular weight excluding hydrogens is 152 g/mol. The van der Waals surface area contributed by atoms with E-state index in [-0.39, 0.29) is 0 Å². The van der Waals surface area contributed by atoms with Crippen molar-refractivity contribution in [2.24, 2.45) is 4.72 Å². The van der Waals surface area contributed by atoms with Crippen molar-refractivity contribution in [3.8, 4) is 0 Å². The van der Waals surface area contributed by atoms with E-state index >= 15 is 0 Å². The van der Waals surface area contributed by atoms with Crippen LogP contribution < -0.4 is 4.72 Å². The Labute approximate surface area is 51.7 Å². The van der Waals surface area contributed by atoms with Crippen molar-refractivity contribution in [3.05, 3.63) is 0 Å². The molecule has 48 valence electrons. The van der Waals surface area contributed by atoms with Crippen molar-refractivity contribution in [3.63, 3.8) is 0 Å². The third-order valence-corrected chi connectivity index (χ3v) is 0. The minimum atomic E-state index is -4.64.